The molecule has 0 saturated heterocycles. The van der Waals surface area contributed by atoms with Crippen molar-refractivity contribution in [2.24, 2.45) is 5.92 Å². The van der Waals surface area contributed by atoms with Crippen LogP contribution in [0, 0.1) is 5.92 Å². The molecule has 0 aromatic carbocycles. The molecular weight excluding hydrogens is 220 g/mol. The smallest absolute Gasteiger partial charge is 0.308 e. The molecule has 0 bridgehead atoms. The summed E-state index contributed by atoms with van der Waals surface area (Å²) in [7, 11) is 0. The van der Waals surface area contributed by atoms with Crippen molar-refractivity contribution in [1.29, 1.82) is 0 Å². The first-order valence-corrected chi connectivity index (χ1v) is 6.03. The second kappa shape index (κ2) is 5.75. The first kappa shape index (κ1) is 13.6. The zero-order valence-electron chi connectivity index (χ0n) is 10.8. The van der Waals surface area contributed by atoms with Crippen LogP contribution in [0.15, 0.2) is 0 Å². The van der Waals surface area contributed by atoms with Gasteiger partial charge in [-0.15, -0.1) is 5.10 Å². The minimum absolute atomic E-state index is 0.238. The van der Waals surface area contributed by atoms with Crippen LogP contribution in [0.1, 0.15) is 58.3 Å². The van der Waals surface area contributed by atoms with Gasteiger partial charge in [-0.2, -0.15) is 0 Å². The third-order valence-corrected chi connectivity index (χ3v) is 3.37. The third kappa shape index (κ3) is 2.81. The molecule has 0 radical (unpaired) electrons. The van der Waals surface area contributed by atoms with Gasteiger partial charge >= 0.3 is 5.97 Å². The van der Waals surface area contributed by atoms with Crippen molar-refractivity contribution in [2.75, 3.05) is 0 Å². The molecule has 0 saturated carbocycles. The molecule has 1 aromatic heterocycles. The molecule has 17 heavy (non-hydrogen) atoms. The van der Waals surface area contributed by atoms with Crippen LogP contribution in [0.5, 0.6) is 0 Å². The molecule has 0 aliphatic rings. The summed E-state index contributed by atoms with van der Waals surface area (Å²) in [5, 5.41) is 20.6. The lowest BCUT2D eigenvalue weighted by atomic mass is 10.00. The fourth-order valence-corrected chi connectivity index (χ4v) is 1.83. The molecule has 0 amide bonds. The predicted molar refractivity (Wildman–Crippen MR) is 62.7 cm³/mol. The van der Waals surface area contributed by atoms with Crippen LogP contribution < -0.4 is 0 Å². The lowest BCUT2D eigenvalue weighted by Gasteiger charge is -2.20. The van der Waals surface area contributed by atoms with Crippen LogP contribution in [-0.4, -0.2) is 31.3 Å². The highest BCUT2D eigenvalue weighted by molar-refractivity contribution is 5.70. The van der Waals surface area contributed by atoms with Gasteiger partial charge in [0.2, 0.25) is 0 Å². The third-order valence-electron chi connectivity index (χ3n) is 3.37. The van der Waals surface area contributed by atoms with Crippen molar-refractivity contribution >= 4 is 5.97 Å². The van der Waals surface area contributed by atoms with E-state index in [1.54, 1.807) is 11.6 Å². The van der Waals surface area contributed by atoms with Crippen molar-refractivity contribution in [3.05, 3.63) is 5.82 Å². The quantitative estimate of drug-likeness (QED) is 0.820. The number of carboxylic acid groups (broad SMARTS) is 1. The van der Waals surface area contributed by atoms with E-state index in [1.807, 2.05) is 6.92 Å². The molecule has 1 rings (SSSR count). The fourth-order valence-electron chi connectivity index (χ4n) is 1.83. The van der Waals surface area contributed by atoms with Crippen molar-refractivity contribution < 1.29 is 9.90 Å². The maximum Gasteiger partial charge on any atom is 0.308 e. The standard InChI is InChI=1S/C11H20N4O2/c1-5-9(6-2)10-12-13-14-15(10)8(4)7(3)11(16)17/h7-9H,5-6H2,1-4H3,(H,16,17). The molecule has 1 N–H and O–H groups in total. The zero-order chi connectivity index (χ0) is 13.0. The highest BCUT2D eigenvalue weighted by atomic mass is 16.4. The molecule has 1 heterocycles. The Balaban J connectivity index is 2.98. The van der Waals surface area contributed by atoms with Crippen LogP contribution in [0.4, 0.5) is 0 Å². The van der Waals surface area contributed by atoms with E-state index >= 15 is 0 Å². The predicted octanol–water partition coefficient (Wildman–Crippen LogP) is 1.86. The average Bonchev–Trinajstić information content (AvgIpc) is 2.78. The van der Waals surface area contributed by atoms with Crippen LogP contribution in [0.3, 0.4) is 0 Å². The number of carbonyl (C=O) groups is 1. The van der Waals surface area contributed by atoms with Gasteiger partial charge in [0.15, 0.2) is 5.82 Å². The number of nitrogens with zero attached hydrogens (tertiary/aromatic N) is 4. The molecule has 2 atom stereocenters. The summed E-state index contributed by atoms with van der Waals surface area (Å²) in [6, 6.07) is -0.238. The van der Waals surface area contributed by atoms with E-state index in [4.69, 9.17) is 5.11 Å². The Morgan fingerprint density at radius 2 is 1.94 bits per heavy atom. The topological polar surface area (TPSA) is 80.9 Å². The SMILES string of the molecule is CCC(CC)c1nnnn1C(C)C(C)C(=O)O. The number of tetrazole rings is 1. The van der Waals surface area contributed by atoms with E-state index in [-0.39, 0.29) is 12.0 Å². The van der Waals surface area contributed by atoms with Crippen LogP contribution in [-0.2, 0) is 4.79 Å². The number of rotatable bonds is 6. The second-order valence-corrected chi connectivity index (χ2v) is 4.36. The normalized spacial score (nSPS) is 14.9. The summed E-state index contributed by atoms with van der Waals surface area (Å²) in [5.74, 6) is -0.265. The van der Waals surface area contributed by atoms with E-state index in [2.05, 4.69) is 29.4 Å². The van der Waals surface area contributed by atoms with Gasteiger partial charge in [0, 0.05) is 5.92 Å². The van der Waals surface area contributed by atoms with Crippen LogP contribution in [0.2, 0.25) is 0 Å². The Kier molecular flexibility index (Phi) is 4.60. The van der Waals surface area contributed by atoms with E-state index in [1.165, 1.54) is 0 Å². The summed E-state index contributed by atoms with van der Waals surface area (Å²) < 4.78 is 1.65. The first-order chi connectivity index (χ1) is 8.02. The summed E-state index contributed by atoms with van der Waals surface area (Å²) in [4.78, 5) is 11.0. The largest absolute Gasteiger partial charge is 0.481 e. The van der Waals surface area contributed by atoms with Gasteiger partial charge in [-0.05, 0) is 37.1 Å². The molecule has 1 aromatic rings. The van der Waals surface area contributed by atoms with Gasteiger partial charge in [0.25, 0.3) is 0 Å². The molecule has 96 valence electrons. The van der Waals surface area contributed by atoms with Gasteiger partial charge in [0.05, 0.1) is 12.0 Å². The molecule has 6 nitrogen and oxygen atoms in total. The fraction of sp³-hybridized carbons (Fsp3) is 0.818. The Morgan fingerprint density at radius 1 is 1.35 bits per heavy atom. The van der Waals surface area contributed by atoms with Crippen molar-refractivity contribution in [2.45, 2.75) is 52.5 Å². The number of aromatic nitrogens is 4. The van der Waals surface area contributed by atoms with Gasteiger partial charge < -0.3 is 5.11 Å². The minimum atomic E-state index is -0.830. The maximum atomic E-state index is 11.0. The molecule has 0 aliphatic carbocycles. The average molecular weight is 240 g/mol. The summed E-state index contributed by atoms with van der Waals surface area (Å²) >= 11 is 0. The Labute approximate surface area is 101 Å². The molecule has 2 unspecified atom stereocenters. The number of hydrogen-bond donors (Lipinski definition) is 1. The molecule has 0 spiro atoms. The van der Waals surface area contributed by atoms with Gasteiger partial charge in [-0.3, -0.25) is 4.79 Å². The summed E-state index contributed by atoms with van der Waals surface area (Å²) in [6.07, 6.45) is 1.90. The summed E-state index contributed by atoms with van der Waals surface area (Å²) in [5.41, 5.74) is 0. The molecule has 0 fully saturated rings. The molecule has 0 aliphatic heterocycles. The second-order valence-electron chi connectivity index (χ2n) is 4.36. The molecule has 6 heteroatoms. The van der Waals surface area contributed by atoms with Gasteiger partial charge in [0.1, 0.15) is 0 Å². The van der Waals surface area contributed by atoms with Crippen molar-refractivity contribution in [3.8, 4) is 0 Å². The van der Waals surface area contributed by atoms with E-state index < -0.39 is 11.9 Å². The Morgan fingerprint density at radius 3 is 2.41 bits per heavy atom. The number of aliphatic carboxylic acids is 1. The zero-order valence-corrected chi connectivity index (χ0v) is 10.8. The summed E-state index contributed by atoms with van der Waals surface area (Å²) in [6.45, 7) is 7.67. The van der Waals surface area contributed by atoms with Crippen molar-refractivity contribution in [3.63, 3.8) is 0 Å². The van der Waals surface area contributed by atoms with Gasteiger partial charge in [-0.1, -0.05) is 13.8 Å². The van der Waals surface area contributed by atoms with E-state index in [0.29, 0.717) is 0 Å². The van der Waals surface area contributed by atoms with Crippen LogP contribution in [0.25, 0.3) is 0 Å². The van der Waals surface area contributed by atoms with Crippen molar-refractivity contribution in [1.82, 2.24) is 20.2 Å². The molecular formula is C11H20N4O2. The van der Waals surface area contributed by atoms with Gasteiger partial charge in [-0.25, -0.2) is 4.68 Å². The lowest BCUT2D eigenvalue weighted by Crippen LogP contribution is -2.25. The minimum Gasteiger partial charge on any atom is -0.481 e. The Bertz CT molecular complexity index is 373. The Hall–Kier alpha value is -1.46. The van der Waals surface area contributed by atoms with E-state index in [9.17, 15) is 4.79 Å². The number of hydrogen-bond acceptors (Lipinski definition) is 4. The number of carboxylic acids is 1. The van der Waals surface area contributed by atoms with Crippen LogP contribution >= 0.6 is 0 Å². The highest BCUT2D eigenvalue weighted by Crippen LogP contribution is 2.25. The highest BCUT2D eigenvalue weighted by Gasteiger charge is 2.26. The monoisotopic (exact) mass is 240 g/mol. The van der Waals surface area contributed by atoms with E-state index in [0.717, 1.165) is 18.7 Å². The lowest BCUT2D eigenvalue weighted by molar-refractivity contribution is -0.142. The maximum absolute atomic E-state index is 11.0. The first-order valence-electron chi connectivity index (χ1n) is 6.03.